The topological polar surface area (TPSA) is 46.5 Å². The molecule has 4 heteroatoms. The van der Waals surface area contributed by atoms with Gasteiger partial charge in [0.05, 0.1) is 0 Å². The molecule has 0 saturated carbocycles. The summed E-state index contributed by atoms with van der Waals surface area (Å²) in [7, 11) is 0. The highest BCUT2D eigenvalue weighted by Crippen LogP contribution is 2.29. The first-order valence-corrected chi connectivity index (χ1v) is 6.16. The van der Waals surface area contributed by atoms with E-state index >= 15 is 0 Å². The van der Waals surface area contributed by atoms with Crippen LogP contribution in [0.4, 0.5) is 0 Å². The number of halogens is 1. The predicted octanol–water partition coefficient (Wildman–Crippen LogP) is 3.78. The Bertz CT molecular complexity index is 591. The summed E-state index contributed by atoms with van der Waals surface area (Å²) in [5.74, 6) is -0.458. The monoisotopic (exact) mass is 276 g/mol. The van der Waals surface area contributed by atoms with Crippen LogP contribution >= 0.6 is 11.6 Å². The maximum atomic E-state index is 10.4. The largest absolute Gasteiger partial charge is 0.482 e. The quantitative estimate of drug-likeness (QED) is 0.924. The first-order valence-electron chi connectivity index (χ1n) is 5.78. The minimum atomic E-state index is -0.991. The molecular weight excluding hydrogens is 264 g/mol. The fourth-order valence-corrected chi connectivity index (χ4v) is 1.97. The molecule has 3 nitrogen and oxygen atoms in total. The van der Waals surface area contributed by atoms with Gasteiger partial charge in [-0.2, -0.15) is 0 Å². The van der Waals surface area contributed by atoms with Gasteiger partial charge in [-0.05, 0) is 41.8 Å². The summed E-state index contributed by atoms with van der Waals surface area (Å²) in [6, 6.07) is 13.0. The number of hydrogen-bond acceptors (Lipinski definition) is 2. The van der Waals surface area contributed by atoms with Gasteiger partial charge in [-0.15, -0.1) is 0 Å². The molecule has 2 aromatic rings. The van der Waals surface area contributed by atoms with Gasteiger partial charge in [0.25, 0.3) is 0 Å². The lowest BCUT2D eigenvalue weighted by atomic mass is 10.0. The Morgan fingerprint density at radius 2 is 1.89 bits per heavy atom. The van der Waals surface area contributed by atoms with Crippen molar-refractivity contribution in [2.45, 2.75) is 6.92 Å². The highest BCUT2D eigenvalue weighted by Gasteiger charge is 2.05. The van der Waals surface area contributed by atoms with E-state index in [4.69, 9.17) is 21.4 Å². The molecular formula is C15H13ClO3. The van der Waals surface area contributed by atoms with Gasteiger partial charge in [0.15, 0.2) is 6.61 Å². The maximum Gasteiger partial charge on any atom is 0.341 e. The van der Waals surface area contributed by atoms with Crippen LogP contribution in [0.5, 0.6) is 5.75 Å². The molecule has 98 valence electrons. The van der Waals surface area contributed by atoms with E-state index in [0.717, 1.165) is 21.7 Å². The fourth-order valence-electron chi connectivity index (χ4n) is 1.80. The zero-order chi connectivity index (χ0) is 13.8. The first kappa shape index (κ1) is 13.4. The molecule has 0 radical (unpaired) electrons. The summed E-state index contributed by atoms with van der Waals surface area (Å²) < 4.78 is 5.09. The summed E-state index contributed by atoms with van der Waals surface area (Å²) >= 11 is 6.09. The van der Waals surface area contributed by atoms with Crippen molar-refractivity contribution < 1.29 is 14.6 Å². The molecule has 0 unspecified atom stereocenters. The lowest BCUT2D eigenvalue weighted by Crippen LogP contribution is -2.09. The van der Waals surface area contributed by atoms with Crippen LogP contribution in [0.1, 0.15) is 5.56 Å². The van der Waals surface area contributed by atoms with Crippen molar-refractivity contribution in [1.82, 2.24) is 0 Å². The third-order valence-corrected chi connectivity index (χ3v) is 3.20. The van der Waals surface area contributed by atoms with Crippen LogP contribution in [-0.4, -0.2) is 17.7 Å². The van der Waals surface area contributed by atoms with Gasteiger partial charge in [-0.3, -0.25) is 0 Å². The Balaban J connectivity index is 2.22. The zero-order valence-electron chi connectivity index (χ0n) is 10.4. The van der Waals surface area contributed by atoms with Crippen molar-refractivity contribution in [3.05, 3.63) is 53.1 Å². The highest BCUT2D eigenvalue weighted by molar-refractivity contribution is 6.31. The van der Waals surface area contributed by atoms with Crippen LogP contribution < -0.4 is 4.74 Å². The van der Waals surface area contributed by atoms with Gasteiger partial charge in [0, 0.05) is 5.02 Å². The predicted molar refractivity (Wildman–Crippen MR) is 74.8 cm³/mol. The van der Waals surface area contributed by atoms with E-state index < -0.39 is 5.97 Å². The van der Waals surface area contributed by atoms with E-state index in [-0.39, 0.29) is 6.61 Å². The van der Waals surface area contributed by atoms with Crippen LogP contribution in [0, 0.1) is 6.92 Å². The summed E-state index contributed by atoms with van der Waals surface area (Å²) in [6.45, 7) is 1.63. The van der Waals surface area contributed by atoms with Crippen molar-refractivity contribution in [2.24, 2.45) is 0 Å². The van der Waals surface area contributed by atoms with E-state index in [1.165, 1.54) is 0 Å². The number of carboxylic acids is 1. The molecule has 0 spiro atoms. The Kier molecular flexibility index (Phi) is 4.07. The van der Waals surface area contributed by atoms with Gasteiger partial charge < -0.3 is 9.84 Å². The van der Waals surface area contributed by atoms with Crippen molar-refractivity contribution in [1.29, 1.82) is 0 Å². The number of carbonyl (C=O) groups is 1. The third kappa shape index (κ3) is 3.26. The third-order valence-electron chi connectivity index (χ3n) is 2.80. The molecule has 0 amide bonds. The molecule has 0 aliphatic heterocycles. The molecule has 2 rings (SSSR count). The number of aliphatic carboxylic acids is 1. The number of rotatable bonds is 4. The van der Waals surface area contributed by atoms with Gasteiger partial charge >= 0.3 is 5.97 Å². The van der Waals surface area contributed by atoms with Crippen molar-refractivity contribution >= 4 is 17.6 Å². The standard InChI is InChI=1S/C15H13ClO3/c1-10-13(3-2-4-14(10)16)11-5-7-12(8-6-11)19-9-15(17)18/h2-8H,9H2,1H3,(H,17,18). The van der Waals surface area contributed by atoms with Crippen LogP contribution in [0.3, 0.4) is 0 Å². The maximum absolute atomic E-state index is 10.4. The summed E-state index contributed by atoms with van der Waals surface area (Å²) in [4.78, 5) is 10.4. The summed E-state index contributed by atoms with van der Waals surface area (Å²) in [5, 5.41) is 9.26. The molecule has 0 heterocycles. The average Bonchev–Trinajstić information content (AvgIpc) is 2.40. The minimum absolute atomic E-state index is 0.338. The van der Waals surface area contributed by atoms with Crippen molar-refractivity contribution in [3.8, 4) is 16.9 Å². The Hall–Kier alpha value is -2.00. The van der Waals surface area contributed by atoms with Crippen LogP contribution in [0.15, 0.2) is 42.5 Å². The van der Waals surface area contributed by atoms with Gasteiger partial charge in [0.2, 0.25) is 0 Å². The molecule has 0 fully saturated rings. The number of hydrogen-bond donors (Lipinski definition) is 1. The molecule has 0 atom stereocenters. The average molecular weight is 277 g/mol. The SMILES string of the molecule is Cc1c(Cl)cccc1-c1ccc(OCC(=O)O)cc1. The number of carboxylic acid groups (broad SMARTS) is 1. The molecule has 19 heavy (non-hydrogen) atoms. The lowest BCUT2D eigenvalue weighted by molar-refractivity contribution is -0.139. The minimum Gasteiger partial charge on any atom is -0.482 e. The van der Waals surface area contributed by atoms with E-state index in [1.54, 1.807) is 12.1 Å². The first-order chi connectivity index (χ1) is 9.08. The van der Waals surface area contributed by atoms with Crippen LogP contribution in [0.25, 0.3) is 11.1 Å². The smallest absolute Gasteiger partial charge is 0.341 e. The molecule has 2 aromatic carbocycles. The summed E-state index contributed by atoms with van der Waals surface area (Å²) in [6.07, 6.45) is 0. The fraction of sp³-hybridized carbons (Fsp3) is 0.133. The second kappa shape index (κ2) is 5.76. The molecule has 0 aliphatic rings. The van der Waals surface area contributed by atoms with E-state index in [0.29, 0.717) is 5.75 Å². The highest BCUT2D eigenvalue weighted by atomic mass is 35.5. The Labute approximate surface area is 116 Å². The Morgan fingerprint density at radius 3 is 2.53 bits per heavy atom. The number of ether oxygens (including phenoxy) is 1. The van der Waals surface area contributed by atoms with E-state index in [1.807, 2.05) is 37.3 Å². The van der Waals surface area contributed by atoms with Crippen LogP contribution in [0.2, 0.25) is 5.02 Å². The molecule has 1 N–H and O–H groups in total. The second-order valence-corrected chi connectivity index (χ2v) is 4.53. The Morgan fingerprint density at radius 1 is 1.21 bits per heavy atom. The van der Waals surface area contributed by atoms with Gasteiger partial charge in [0.1, 0.15) is 5.75 Å². The normalized spacial score (nSPS) is 10.2. The lowest BCUT2D eigenvalue weighted by Gasteiger charge is -2.09. The van der Waals surface area contributed by atoms with Crippen molar-refractivity contribution in [3.63, 3.8) is 0 Å². The zero-order valence-corrected chi connectivity index (χ0v) is 11.1. The van der Waals surface area contributed by atoms with E-state index in [9.17, 15) is 4.79 Å². The molecule has 0 aliphatic carbocycles. The van der Waals surface area contributed by atoms with Gasteiger partial charge in [-0.1, -0.05) is 35.9 Å². The van der Waals surface area contributed by atoms with E-state index in [2.05, 4.69) is 0 Å². The molecule has 0 bridgehead atoms. The summed E-state index contributed by atoms with van der Waals surface area (Å²) in [5.41, 5.74) is 3.09. The van der Waals surface area contributed by atoms with Gasteiger partial charge in [-0.25, -0.2) is 4.79 Å². The molecule has 0 aromatic heterocycles. The number of benzene rings is 2. The second-order valence-electron chi connectivity index (χ2n) is 4.12. The molecule has 0 saturated heterocycles. The van der Waals surface area contributed by atoms with Crippen molar-refractivity contribution in [2.75, 3.05) is 6.61 Å². The van der Waals surface area contributed by atoms with Crippen LogP contribution in [-0.2, 0) is 4.79 Å².